The van der Waals surface area contributed by atoms with E-state index < -0.39 is 18.5 Å². The molecule has 27 heavy (non-hydrogen) atoms. The highest BCUT2D eigenvalue weighted by Crippen LogP contribution is 2.22. The Morgan fingerprint density at radius 2 is 1.85 bits per heavy atom. The fourth-order valence-electron chi connectivity index (χ4n) is 3.19. The van der Waals surface area contributed by atoms with Crippen molar-refractivity contribution in [2.45, 2.75) is 13.0 Å². The maximum Gasteiger partial charge on any atom is 0.287 e. The Bertz CT molecular complexity index is 718. The van der Waals surface area contributed by atoms with Crippen molar-refractivity contribution in [3.8, 4) is 0 Å². The number of morpholine rings is 1. The second kappa shape index (κ2) is 8.94. The molecule has 0 aromatic carbocycles. The van der Waals surface area contributed by atoms with Crippen LogP contribution in [0.25, 0.3) is 0 Å². The molecule has 0 atom stereocenters. The molecule has 1 aromatic heterocycles. The monoisotopic (exact) mass is 405 g/mol. The summed E-state index contributed by atoms with van der Waals surface area (Å²) in [5.74, 6) is 0.0843. The number of hydrogen-bond donors (Lipinski definition) is 0. The maximum atomic E-state index is 12.5. The van der Waals surface area contributed by atoms with E-state index in [9.17, 15) is 18.4 Å². The Balaban J connectivity index is 1.56. The van der Waals surface area contributed by atoms with Crippen LogP contribution in [0.3, 0.4) is 0 Å². The second-order valence-electron chi connectivity index (χ2n) is 6.48. The summed E-state index contributed by atoms with van der Waals surface area (Å²) in [6, 6.07) is 0. The summed E-state index contributed by atoms with van der Waals surface area (Å²) in [4.78, 5) is 30.2. The summed E-state index contributed by atoms with van der Waals surface area (Å²) < 4.78 is 30.9. The molecule has 0 saturated carbocycles. The van der Waals surface area contributed by atoms with Gasteiger partial charge in [0, 0.05) is 39.3 Å². The molecule has 0 unspecified atom stereocenters. The summed E-state index contributed by atoms with van der Waals surface area (Å²) in [7, 11) is 0. The number of anilines is 1. The molecule has 0 N–H and O–H groups in total. The van der Waals surface area contributed by atoms with E-state index >= 15 is 0 Å². The quantitative estimate of drug-likeness (QED) is 0.694. The zero-order chi connectivity index (χ0) is 19.4. The second-order valence-corrected chi connectivity index (χ2v) is 6.86. The van der Waals surface area contributed by atoms with Gasteiger partial charge in [-0.15, -0.1) is 0 Å². The Morgan fingerprint density at radius 1 is 1.19 bits per heavy atom. The number of nitrogens with zero attached hydrogens (tertiary/aromatic N) is 5. The van der Waals surface area contributed by atoms with E-state index in [4.69, 9.17) is 16.3 Å². The smallest absolute Gasteiger partial charge is 0.287 e. The van der Waals surface area contributed by atoms with E-state index in [0.29, 0.717) is 69.4 Å². The first-order chi connectivity index (χ1) is 13.0. The molecule has 0 bridgehead atoms. The molecule has 1 amide bonds. The first-order valence-electron chi connectivity index (χ1n) is 8.82. The van der Waals surface area contributed by atoms with Crippen molar-refractivity contribution >= 4 is 23.2 Å². The molecule has 2 saturated heterocycles. The van der Waals surface area contributed by atoms with E-state index in [1.165, 1.54) is 6.20 Å². The third kappa shape index (κ3) is 4.94. The molecule has 3 heterocycles. The summed E-state index contributed by atoms with van der Waals surface area (Å²) in [6.45, 7) is 4.34. The number of ether oxygens (including phenoxy) is 1. The minimum atomic E-state index is -2.68. The van der Waals surface area contributed by atoms with Gasteiger partial charge in [-0.05, 0) is 0 Å². The Kier molecular flexibility index (Phi) is 6.61. The average molecular weight is 406 g/mol. The van der Waals surface area contributed by atoms with Crippen molar-refractivity contribution in [2.24, 2.45) is 0 Å². The predicted octanol–water partition coefficient (Wildman–Crippen LogP) is 0.143. The number of rotatable bonds is 5. The Morgan fingerprint density at radius 3 is 2.48 bits per heavy atom. The van der Waals surface area contributed by atoms with Crippen molar-refractivity contribution in [2.75, 3.05) is 63.9 Å². The number of carbonyl (C=O) groups is 1. The molecule has 2 aliphatic rings. The number of carbonyl (C=O) groups excluding carboxylic acids is 1. The van der Waals surface area contributed by atoms with E-state index in [1.807, 2.05) is 9.80 Å². The summed E-state index contributed by atoms with van der Waals surface area (Å²) in [5.41, 5.74) is -0.286. The molecule has 150 valence electrons. The fraction of sp³-hybridized carbons (Fsp3) is 0.688. The third-order valence-electron chi connectivity index (χ3n) is 4.71. The standard InChI is InChI=1S/C16H22ClF2N5O3/c17-15-12(9-20-24(16(15)26)10-13(18)19)22-3-1-21(2-4-22)11-14(25)23-5-7-27-8-6-23/h9,13H,1-8,10-11H2. The van der Waals surface area contributed by atoms with Crippen LogP contribution < -0.4 is 10.5 Å². The SMILES string of the molecule is O=C(CN1CCN(c2cnn(CC(F)F)c(=O)c2Cl)CC1)N1CCOCC1. The Hall–Kier alpha value is -1.78. The summed E-state index contributed by atoms with van der Waals surface area (Å²) in [5, 5.41) is 3.69. The normalized spacial score (nSPS) is 19.0. The van der Waals surface area contributed by atoms with Gasteiger partial charge in [-0.3, -0.25) is 14.5 Å². The van der Waals surface area contributed by atoms with Crippen molar-refractivity contribution in [3.05, 3.63) is 21.6 Å². The zero-order valence-electron chi connectivity index (χ0n) is 14.8. The maximum absolute atomic E-state index is 12.5. The van der Waals surface area contributed by atoms with E-state index in [2.05, 4.69) is 5.10 Å². The lowest BCUT2D eigenvalue weighted by Gasteiger charge is -2.37. The van der Waals surface area contributed by atoms with Gasteiger partial charge in [0.2, 0.25) is 5.91 Å². The van der Waals surface area contributed by atoms with Gasteiger partial charge in [0.25, 0.3) is 12.0 Å². The van der Waals surface area contributed by atoms with Crippen molar-refractivity contribution in [3.63, 3.8) is 0 Å². The van der Waals surface area contributed by atoms with Gasteiger partial charge in [-0.2, -0.15) is 5.10 Å². The van der Waals surface area contributed by atoms with Crippen LogP contribution in [0.15, 0.2) is 11.0 Å². The number of amides is 1. The number of alkyl halides is 2. The largest absolute Gasteiger partial charge is 0.378 e. The van der Waals surface area contributed by atoms with Crippen LogP contribution >= 0.6 is 11.6 Å². The van der Waals surface area contributed by atoms with Gasteiger partial charge in [-0.1, -0.05) is 11.6 Å². The topological polar surface area (TPSA) is 70.9 Å². The molecule has 2 fully saturated rings. The minimum absolute atomic E-state index is 0.0843. The van der Waals surface area contributed by atoms with Crippen LogP contribution in [-0.2, 0) is 16.1 Å². The molecule has 3 rings (SSSR count). The molecule has 2 aliphatic heterocycles. The number of aromatic nitrogens is 2. The van der Waals surface area contributed by atoms with Crippen LogP contribution in [0.1, 0.15) is 0 Å². The van der Waals surface area contributed by atoms with Crippen molar-refractivity contribution in [1.29, 1.82) is 0 Å². The number of halogens is 3. The highest BCUT2D eigenvalue weighted by Gasteiger charge is 2.25. The lowest BCUT2D eigenvalue weighted by Crippen LogP contribution is -2.51. The highest BCUT2D eigenvalue weighted by atomic mass is 35.5. The lowest BCUT2D eigenvalue weighted by molar-refractivity contribution is -0.136. The predicted molar refractivity (Wildman–Crippen MR) is 95.6 cm³/mol. The first-order valence-corrected chi connectivity index (χ1v) is 9.20. The first kappa shape index (κ1) is 20.0. The summed E-state index contributed by atoms with van der Waals surface area (Å²) in [6.07, 6.45) is -1.33. The Labute approximate surface area is 160 Å². The molecule has 8 nitrogen and oxygen atoms in total. The highest BCUT2D eigenvalue weighted by molar-refractivity contribution is 6.33. The summed E-state index contributed by atoms with van der Waals surface area (Å²) >= 11 is 6.09. The minimum Gasteiger partial charge on any atom is -0.378 e. The van der Waals surface area contributed by atoms with Gasteiger partial charge >= 0.3 is 0 Å². The number of hydrogen-bond acceptors (Lipinski definition) is 6. The van der Waals surface area contributed by atoms with Crippen LogP contribution in [0.5, 0.6) is 0 Å². The van der Waals surface area contributed by atoms with E-state index in [-0.39, 0.29) is 10.9 Å². The van der Waals surface area contributed by atoms with Gasteiger partial charge in [0.15, 0.2) is 0 Å². The molecule has 11 heteroatoms. The molecular weight excluding hydrogens is 384 g/mol. The van der Waals surface area contributed by atoms with Crippen LogP contribution in [0.2, 0.25) is 5.02 Å². The van der Waals surface area contributed by atoms with Gasteiger partial charge < -0.3 is 14.5 Å². The van der Waals surface area contributed by atoms with Crippen molar-refractivity contribution in [1.82, 2.24) is 19.6 Å². The van der Waals surface area contributed by atoms with Gasteiger partial charge in [0.05, 0.1) is 31.6 Å². The van der Waals surface area contributed by atoms with Crippen LogP contribution in [0.4, 0.5) is 14.5 Å². The van der Waals surface area contributed by atoms with E-state index in [1.54, 1.807) is 4.90 Å². The van der Waals surface area contributed by atoms with Crippen LogP contribution in [-0.4, -0.2) is 90.9 Å². The third-order valence-corrected chi connectivity index (χ3v) is 5.07. The average Bonchev–Trinajstić information content (AvgIpc) is 2.67. The van der Waals surface area contributed by atoms with Crippen LogP contribution in [0, 0.1) is 0 Å². The number of piperazine rings is 1. The molecule has 1 aromatic rings. The zero-order valence-corrected chi connectivity index (χ0v) is 15.6. The van der Waals surface area contributed by atoms with Gasteiger partial charge in [0.1, 0.15) is 11.6 Å². The molecular formula is C16H22ClF2N5O3. The fourth-order valence-corrected chi connectivity index (χ4v) is 3.45. The molecule has 0 aliphatic carbocycles. The van der Waals surface area contributed by atoms with E-state index in [0.717, 1.165) is 0 Å². The molecule has 0 radical (unpaired) electrons. The molecule has 0 spiro atoms. The van der Waals surface area contributed by atoms with Crippen molar-refractivity contribution < 1.29 is 18.3 Å². The van der Waals surface area contributed by atoms with Gasteiger partial charge in [-0.25, -0.2) is 13.5 Å². The lowest BCUT2D eigenvalue weighted by atomic mass is 10.2.